The lowest BCUT2D eigenvalue weighted by Gasteiger charge is -2.13. The topological polar surface area (TPSA) is 66.5 Å². The summed E-state index contributed by atoms with van der Waals surface area (Å²) in [6.07, 6.45) is 0. The van der Waals surface area contributed by atoms with Gasteiger partial charge in [-0.25, -0.2) is 12.7 Å². The van der Waals surface area contributed by atoms with Crippen LogP contribution in [-0.2, 0) is 10.0 Å². The second kappa shape index (κ2) is 6.29. The lowest BCUT2D eigenvalue weighted by Crippen LogP contribution is -2.22. The van der Waals surface area contributed by atoms with Crippen molar-refractivity contribution in [3.05, 3.63) is 59.7 Å². The molecule has 116 valence electrons. The third-order valence-corrected chi connectivity index (χ3v) is 5.07. The third kappa shape index (κ3) is 3.35. The summed E-state index contributed by atoms with van der Waals surface area (Å²) in [6.45, 7) is 1.85. The van der Waals surface area contributed by atoms with Gasteiger partial charge in [0.1, 0.15) is 0 Å². The Morgan fingerprint density at radius 3 is 2.36 bits per heavy atom. The number of nitrogens with zero attached hydrogens (tertiary/aromatic N) is 1. The summed E-state index contributed by atoms with van der Waals surface area (Å²) < 4.78 is 25.3. The number of nitrogens with one attached hydrogen (secondary N) is 1. The number of benzene rings is 2. The molecule has 0 bridgehead atoms. The lowest BCUT2D eigenvalue weighted by atomic mass is 10.1. The van der Waals surface area contributed by atoms with Crippen LogP contribution in [0.1, 0.15) is 15.9 Å². The maximum absolute atomic E-state index is 12.3. The van der Waals surface area contributed by atoms with Crippen LogP contribution in [0.3, 0.4) is 0 Å². The molecular formula is C16H18N2O3S. The Bertz CT molecular complexity index is 799. The Balaban J connectivity index is 2.29. The first kappa shape index (κ1) is 16.2. The van der Waals surface area contributed by atoms with Crippen LogP contribution in [0.4, 0.5) is 5.69 Å². The largest absolute Gasteiger partial charge is 0.322 e. The first-order valence-corrected chi connectivity index (χ1v) is 8.16. The number of carbonyl (C=O) groups is 1. The van der Waals surface area contributed by atoms with Gasteiger partial charge < -0.3 is 5.32 Å². The van der Waals surface area contributed by atoms with E-state index in [4.69, 9.17) is 0 Å². The Labute approximate surface area is 130 Å². The highest BCUT2D eigenvalue weighted by molar-refractivity contribution is 7.89. The Hall–Kier alpha value is -2.18. The number of hydrogen-bond donors (Lipinski definition) is 1. The average molecular weight is 318 g/mol. The van der Waals surface area contributed by atoms with Gasteiger partial charge in [-0.1, -0.05) is 24.3 Å². The zero-order valence-electron chi connectivity index (χ0n) is 12.7. The predicted molar refractivity (Wildman–Crippen MR) is 86.4 cm³/mol. The summed E-state index contributed by atoms with van der Waals surface area (Å²) >= 11 is 0. The summed E-state index contributed by atoms with van der Waals surface area (Å²) in [7, 11) is -0.594. The van der Waals surface area contributed by atoms with E-state index in [1.807, 2.05) is 19.1 Å². The smallest absolute Gasteiger partial charge is 0.255 e. The summed E-state index contributed by atoms with van der Waals surface area (Å²) in [5.41, 5.74) is 1.86. The first-order chi connectivity index (χ1) is 10.3. The van der Waals surface area contributed by atoms with Crippen LogP contribution in [0.5, 0.6) is 0 Å². The summed E-state index contributed by atoms with van der Waals surface area (Å²) in [6, 6.07) is 13.4. The second-order valence-corrected chi connectivity index (χ2v) is 7.24. The van der Waals surface area contributed by atoms with Gasteiger partial charge in [-0.15, -0.1) is 0 Å². The van der Waals surface area contributed by atoms with Crippen LogP contribution in [0.25, 0.3) is 0 Å². The fourth-order valence-corrected chi connectivity index (χ4v) is 2.92. The van der Waals surface area contributed by atoms with Crippen molar-refractivity contribution < 1.29 is 13.2 Å². The van der Waals surface area contributed by atoms with Crippen molar-refractivity contribution in [2.75, 3.05) is 19.4 Å². The zero-order valence-corrected chi connectivity index (χ0v) is 13.5. The maximum atomic E-state index is 12.3. The minimum absolute atomic E-state index is 0.139. The van der Waals surface area contributed by atoms with Crippen LogP contribution in [0, 0.1) is 6.92 Å². The predicted octanol–water partition coefficient (Wildman–Crippen LogP) is 2.50. The van der Waals surface area contributed by atoms with Gasteiger partial charge in [0.2, 0.25) is 10.0 Å². The quantitative estimate of drug-likeness (QED) is 0.942. The standard InChI is InChI=1S/C16H18N2O3S/c1-12-7-4-5-10-15(12)16(19)17-13-8-6-9-14(11-13)22(20,21)18(2)3/h4-11H,1-3H3,(H,17,19). The maximum Gasteiger partial charge on any atom is 0.255 e. The molecule has 0 atom stereocenters. The fourth-order valence-electron chi connectivity index (χ4n) is 1.97. The molecule has 0 spiro atoms. The second-order valence-electron chi connectivity index (χ2n) is 5.08. The van der Waals surface area contributed by atoms with E-state index >= 15 is 0 Å². The van der Waals surface area contributed by atoms with E-state index in [9.17, 15) is 13.2 Å². The molecule has 0 heterocycles. The minimum atomic E-state index is -3.53. The van der Waals surface area contributed by atoms with E-state index in [-0.39, 0.29) is 10.8 Å². The van der Waals surface area contributed by atoms with Crippen LogP contribution >= 0.6 is 0 Å². The highest BCUT2D eigenvalue weighted by atomic mass is 32.2. The summed E-state index contributed by atoms with van der Waals surface area (Å²) in [5, 5.41) is 2.73. The lowest BCUT2D eigenvalue weighted by molar-refractivity contribution is 0.102. The van der Waals surface area contributed by atoms with Gasteiger partial charge in [0.05, 0.1) is 4.90 Å². The van der Waals surface area contributed by atoms with Crippen molar-refractivity contribution in [3.8, 4) is 0 Å². The van der Waals surface area contributed by atoms with Crippen LogP contribution in [-0.4, -0.2) is 32.7 Å². The molecule has 1 N–H and O–H groups in total. The zero-order chi connectivity index (χ0) is 16.3. The third-order valence-electron chi connectivity index (χ3n) is 3.26. The monoisotopic (exact) mass is 318 g/mol. The van der Waals surface area contributed by atoms with E-state index in [2.05, 4.69) is 5.32 Å². The molecule has 0 saturated heterocycles. The molecule has 6 heteroatoms. The molecule has 1 amide bonds. The molecule has 5 nitrogen and oxygen atoms in total. The summed E-state index contributed by atoms with van der Waals surface area (Å²) in [5.74, 6) is -0.266. The van der Waals surface area contributed by atoms with Gasteiger partial charge in [0, 0.05) is 25.3 Å². The molecule has 0 aliphatic rings. The molecule has 0 aromatic heterocycles. The molecular weight excluding hydrogens is 300 g/mol. The van der Waals surface area contributed by atoms with Crippen LogP contribution < -0.4 is 5.32 Å². The number of hydrogen-bond acceptors (Lipinski definition) is 3. The molecule has 22 heavy (non-hydrogen) atoms. The molecule has 0 fully saturated rings. The van der Waals surface area contributed by atoms with Gasteiger partial charge in [-0.2, -0.15) is 0 Å². The van der Waals surface area contributed by atoms with E-state index in [1.54, 1.807) is 24.3 Å². The van der Waals surface area contributed by atoms with Crippen LogP contribution in [0.2, 0.25) is 0 Å². The van der Waals surface area contributed by atoms with Crippen LogP contribution in [0.15, 0.2) is 53.4 Å². The summed E-state index contributed by atoms with van der Waals surface area (Å²) in [4.78, 5) is 12.4. The molecule has 2 aromatic rings. The highest BCUT2D eigenvalue weighted by Crippen LogP contribution is 2.19. The fraction of sp³-hybridized carbons (Fsp3) is 0.188. The molecule has 0 aliphatic carbocycles. The van der Waals surface area contributed by atoms with Crippen molar-refractivity contribution >= 4 is 21.6 Å². The minimum Gasteiger partial charge on any atom is -0.322 e. The molecule has 0 radical (unpaired) electrons. The molecule has 0 saturated carbocycles. The van der Waals surface area contributed by atoms with Crippen molar-refractivity contribution in [1.29, 1.82) is 0 Å². The van der Waals surface area contributed by atoms with E-state index in [0.717, 1.165) is 9.87 Å². The van der Waals surface area contributed by atoms with E-state index in [0.29, 0.717) is 11.3 Å². The number of carbonyl (C=O) groups excluding carboxylic acids is 1. The van der Waals surface area contributed by atoms with Gasteiger partial charge in [-0.05, 0) is 36.8 Å². The SMILES string of the molecule is Cc1ccccc1C(=O)Nc1cccc(S(=O)(=O)N(C)C)c1. The van der Waals surface area contributed by atoms with Crippen molar-refractivity contribution in [3.63, 3.8) is 0 Å². The highest BCUT2D eigenvalue weighted by Gasteiger charge is 2.18. The Morgan fingerprint density at radius 2 is 1.73 bits per heavy atom. The number of rotatable bonds is 4. The van der Waals surface area contributed by atoms with Gasteiger partial charge in [0.25, 0.3) is 5.91 Å². The normalized spacial score (nSPS) is 11.5. The molecule has 0 aliphatic heterocycles. The number of aryl methyl sites for hydroxylation is 1. The number of sulfonamides is 1. The molecule has 0 unspecified atom stereocenters. The molecule has 2 rings (SSSR count). The van der Waals surface area contributed by atoms with Gasteiger partial charge >= 0.3 is 0 Å². The average Bonchev–Trinajstić information content (AvgIpc) is 2.47. The first-order valence-electron chi connectivity index (χ1n) is 6.72. The van der Waals surface area contributed by atoms with Crippen molar-refractivity contribution in [1.82, 2.24) is 4.31 Å². The van der Waals surface area contributed by atoms with Crippen molar-refractivity contribution in [2.45, 2.75) is 11.8 Å². The van der Waals surface area contributed by atoms with Crippen molar-refractivity contribution in [2.24, 2.45) is 0 Å². The number of amides is 1. The number of anilines is 1. The van der Waals surface area contributed by atoms with Gasteiger partial charge in [0.15, 0.2) is 0 Å². The Kier molecular flexibility index (Phi) is 4.63. The van der Waals surface area contributed by atoms with E-state index < -0.39 is 10.0 Å². The molecule has 2 aromatic carbocycles. The van der Waals surface area contributed by atoms with E-state index in [1.165, 1.54) is 26.2 Å². The van der Waals surface area contributed by atoms with Gasteiger partial charge in [-0.3, -0.25) is 4.79 Å². The Morgan fingerprint density at radius 1 is 1.05 bits per heavy atom.